The third-order valence-electron chi connectivity index (χ3n) is 2.06. The molecule has 0 aliphatic carbocycles. The summed E-state index contributed by atoms with van der Waals surface area (Å²) in [6.45, 7) is 0.125. The van der Waals surface area contributed by atoms with Gasteiger partial charge in [-0.25, -0.2) is 0 Å². The van der Waals surface area contributed by atoms with E-state index in [1.165, 1.54) is 8.96 Å². The van der Waals surface area contributed by atoms with Gasteiger partial charge in [0.15, 0.2) is 13.0 Å². The first-order valence-corrected chi connectivity index (χ1v) is 6.01. The second-order valence-electron chi connectivity index (χ2n) is 3.25. The molecule has 17 heavy (non-hydrogen) atoms. The molecule has 0 spiro atoms. The van der Waals surface area contributed by atoms with E-state index < -0.39 is 0 Å². The van der Waals surface area contributed by atoms with E-state index in [1.807, 2.05) is 18.3 Å². The van der Waals surface area contributed by atoms with Crippen LogP contribution >= 0.6 is 22.6 Å². The van der Waals surface area contributed by atoms with E-state index in [9.17, 15) is 4.79 Å². The summed E-state index contributed by atoms with van der Waals surface area (Å²) in [5.74, 6) is -0.199. The number of hydrogen-bond donors (Lipinski definition) is 0. The van der Waals surface area contributed by atoms with E-state index in [4.69, 9.17) is 0 Å². The number of nitrogens with zero attached hydrogens (tertiary/aromatic N) is 2. The molecular weight excluding hydrogens is 331 g/mol. The Morgan fingerprint density at radius 1 is 1.24 bits per heavy atom. The van der Waals surface area contributed by atoms with Gasteiger partial charge in [0.05, 0.1) is 5.52 Å². The lowest BCUT2D eigenvalue weighted by Gasteiger charge is -1.96. The number of aliphatic imine (C=N–C) groups is 1. The van der Waals surface area contributed by atoms with Crippen LogP contribution in [0.3, 0.4) is 0 Å². The molecule has 1 amide bonds. The number of carbonyl (C=O) groups is 1. The molecule has 5 heteroatoms. The number of pyridine rings is 1. The molecule has 0 saturated carbocycles. The smallest absolute Gasteiger partial charge is 0.286 e. The van der Waals surface area contributed by atoms with Crippen molar-refractivity contribution in [3.63, 3.8) is 0 Å². The monoisotopic (exact) mass is 340 g/mol. The molecule has 86 valence electrons. The van der Waals surface area contributed by atoms with Crippen molar-refractivity contribution in [1.82, 2.24) is 4.98 Å². The van der Waals surface area contributed by atoms with Crippen molar-refractivity contribution in [2.24, 2.45) is 4.99 Å². The fourth-order valence-corrected chi connectivity index (χ4v) is 1.97. The first kappa shape index (κ1) is 12.0. The zero-order chi connectivity index (χ0) is 12.1. The average Bonchev–Trinajstić information content (AvgIpc) is 2.82. The summed E-state index contributed by atoms with van der Waals surface area (Å²) in [7, 11) is 0. The SMILES string of the molecule is Ic1cccc2cccnc12.O=C1COC=N1. The topological polar surface area (TPSA) is 51.5 Å². The molecule has 1 aliphatic rings. The summed E-state index contributed by atoms with van der Waals surface area (Å²) < 4.78 is 5.62. The standard InChI is InChI=1S/C9H6IN.C3H3NO2/c10-8-5-1-3-7-4-2-6-11-9(7)8;5-3-1-6-2-4-3/h1-6H;2H,1H2. The molecule has 1 aromatic carbocycles. The van der Waals surface area contributed by atoms with E-state index >= 15 is 0 Å². The molecular formula is C12H9IN2O2. The Labute approximate surface area is 112 Å². The van der Waals surface area contributed by atoms with Crippen molar-refractivity contribution in [1.29, 1.82) is 0 Å². The van der Waals surface area contributed by atoms with Gasteiger partial charge in [0.25, 0.3) is 5.91 Å². The lowest BCUT2D eigenvalue weighted by atomic mass is 10.2. The van der Waals surface area contributed by atoms with Crippen molar-refractivity contribution in [2.75, 3.05) is 6.61 Å². The van der Waals surface area contributed by atoms with Crippen LogP contribution in [0.4, 0.5) is 0 Å². The van der Waals surface area contributed by atoms with Gasteiger partial charge in [0, 0.05) is 15.2 Å². The van der Waals surface area contributed by atoms with E-state index in [0.29, 0.717) is 0 Å². The number of amides is 1. The number of fused-ring (bicyclic) bond motifs is 1. The number of carbonyl (C=O) groups excluding carboxylic acids is 1. The maximum absolute atomic E-state index is 9.92. The lowest BCUT2D eigenvalue weighted by Crippen LogP contribution is -1.92. The Hall–Kier alpha value is -1.50. The second kappa shape index (κ2) is 5.72. The van der Waals surface area contributed by atoms with Crippen LogP contribution in [-0.4, -0.2) is 23.9 Å². The molecule has 3 rings (SSSR count). The molecule has 1 aliphatic heterocycles. The molecule has 4 nitrogen and oxygen atoms in total. The zero-order valence-corrected chi connectivity index (χ0v) is 11.0. The number of rotatable bonds is 0. The summed E-state index contributed by atoms with van der Waals surface area (Å²) in [6.07, 6.45) is 2.98. The maximum atomic E-state index is 9.92. The van der Waals surface area contributed by atoms with Gasteiger partial charge < -0.3 is 4.74 Å². The van der Waals surface area contributed by atoms with Gasteiger partial charge in [-0.3, -0.25) is 9.78 Å². The van der Waals surface area contributed by atoms with Crippen LogP contribution in [0.15, 0.2) is 41.5 Å². The van der Waals surface area contributed by atoms with Crippen LogP contribution in [0.5, 0.6) is 0 Å². The minimum Gasteiger partial charge on any atom is -0.473 e. The number of halogens is 1. The summed E-state index contributed by atoms with van der Waals surface area (Å²) in [6, 6.07) is 10.2. The van der Waals surface area contributed by atoms with Crippen molar-refractivity contribution >= 4 is 45.8 Å². The van der Waals surface area contributed by atoms with Crippen molar-refractivity contribution in [3.05, 3.63) is 40.1 Å². The highest BCUT2D eigenvalue weighted by Gasteiger charge is 2.01. The minimum atomic E-state index is -0.199. The number of hydrogen-bond acceptors (Lipinski definition) is 3. The first-order chi connectivity index (χ1) is 8.27. The third kappa shape index (κ3) is 3.23. The van der Waals surface area contributed by atoms with Gasteiger partial charge in [-0.05, 0) is 34.7 Å². The Kier molecular flexibility index (Phi) is 4.03. The fourth-order valence-electron chi connectivity index (χ4n) is 1.31. The normalized spacial score (nSPS) is 13.1. The molecule has 0 N–H and O–H groups in total. The molecule has 0 radical (unpaired) electrons. The minimum absolute atomic E-state index is 0.125. The van der Waals surface area contributed by atoms with Crippen molar-refractivity contribution in [3.8, 4) is 0 Å². The van der Waals surface area contributed by atoms with Gasteiger partial charge in [-0.2, -0.15) is 4.99 Å². The van der Waals surface area contributed by atoms with Crippen LogP contribution < -0.4 is 0 Å². The quantitative estimate of drug-likeness (QED) is 0.692. The zero-order valence-electron chi connectivity index (χ0n) is 8.84. The van der Waals surface area contributed by atoms with Crippen LogP contribution in [0, 0.1) is 3.57 Å². The van der Waals surface area contributed by atoms with Crippen LogP contribution in [-0.2, 0) is 9.53 Å². The van der Waals surface area contributed by atoms with Crippen LogP contribution in [0.25, 0.3) is 10.9 Å². The van der Waals surface area contributed by atoms with E-state index in [-0.39, 0.29) is 12.5 Å². The molecule has 0 bridgehead atoms. The maximum Gasteiger partial charge on any atom is 0.286 e. The summed E-state index contributed by atoms with van der Waals surface area (Å²) in [5, 5.41) is 1.21. The van der Waals surface area contributed by atoms with Gasteiger partial charge in [0.2, 0.25) is 0 Å². The van der Waals surface area contributed by atoms with Gasteiger partial charge in [0.1, 0.15) is 0 Å². The predicted molar refractivity (Wildman–Crippen MR) is 73.9 cm³/mol. The second-order valence-corrected chi connectivity index (χ2v) is 4.42. The number of para-hydroxylation sites is 1. The van der Waals surface area contributed by atoms with Crippen molar-refractivity contribution in [2.45, 2.75) is 0 Å². The highest BCUT2D eigenvalue weighted by molar-refractivity contribution is 14.1. The van der Waals surface area contributed by atoms with E-state index in [1.54, 1.807) is 0 Å². The third-order valence-corrected chi connectivity index (χ3v) is 2.93. The molecule has 0 saturated heterocycles. The van der Waals surface area contributed by atoms with Gasteiger partial charge in [-0.15, -0.1) is 0 Å². The molecule has 2 aromatic rings. The highest BCUT2D eigenvalue weighted by Crippen LogP contribution is 2.16. The Bertz CT molecular complexity index is 564. The summed E-state index contributed by atoms with van der Waals surface area (Å²) in [4.78, 5) is 17.4. The average molecular weight is 340 g/mol. The molecule has 0 unspecified atom stereocenters. The van der Waals surface area contributed by atoms with E-state index in [2.05, 4.69) is 55.5 Å². The predicted octanol–water partition coefficient (Wildman–Crippen LogP) is 2.41. The highest BCUT2D eigenvalue weighted by atomic mass is 127. The largest absolute Gasteiger partial charge is 0.473 e. The molecule has 0 atom stereocenters. The summed E-state index contributed by atoms with van der Waals surface area (Å²) in [5.41, 5.74) is 1.09. The fraction of sp³-hybridized carbons (Fsp3) is 0.0833. The summed E-state index contributed by atoms with van der Waals surface area (Å²) >= 11 is 2.30. The number of benzene rings is 1. The Morgan fingerprint density at radius 2 is 2.06 bits per heavy atom. The lowest BCUT2D eigenvalue weighted by molar-refractivity contribution is -0.118. The van der Waals surface area contributed by atoms with E-state index in [0.717, 1.165) is 11.9 Å². The van der Waals surface area contributed by atoms with Gasteiger partial charge in [-0.1, -0.05) is 18.2 Å². The molecule has 2 heterocycles. The number of aromatic nitrogens is 1. The first-order valence-electron chi connectivity index (χ1n) is 4.93. The van der Waals surface area contributed by atoms with Crippen molar-refractivity contribution < 1.29 is 9.53 Å². The van der Waals surface area contributed by atoms with Gasteiger partial charge >= 0.3 is 0 Å². The Balaban J connectivity index is 0.000000153. The number of ether oxygens (including phenoxy) is 1. The Morgan fingerprint density at radius 3 is 2.65 bits per heavy atom. The van der Waals surface area contributed by atoms with Crippen LogP contribution in [0.2, 0.25) is 0 Å². The molecule has 1 aromatic heterocycles. The molecule has 0 fully saturated rings. The van der Waals surface area contributed by atoms with Crippen LogP contribution in [0.1, 0.15) is 0 Å².